The van der Waals surface area contributed by atoms with Crippen LogP contribution < -0.4 is 5.32 Å². The molecular formula is C17H23N3O2S. The summed E-state index contributed by atoms with van der Waals surface area (Å²) >= 11 is 1.40. The zero-order valence-electron chi connectivity index (χ0n) is 13.7. The second-order valence-electron chi connectivity index (χ2n) is 5.67. The maximum absolute atomic E-state index is 12.0. The first-order valence-corrected chi connectivity index (χ1v) is 8.64. The number of aromatic nitrogens is 2. The summed E-state index contributed by atoms with van der Waals surface area (Å²) in [5, 5.41) is 12.8. The second-order valence-corrected chi connectivity index (χ2v) is 6.61. The summed E-state index contributed by atoms with van der Waals surface area (Å²) in [6.07, 6.45) is 3.64. The molecule has 6 heteroatoms. The van der Waals surface area contributed by atoms with Gasteiger partial charge in [0, 0.05) is 25.0 Å². The monoisotopic (exact) mass is 333 g/mol. The van der Waals surface area contributed by atoms with Crippen LogP contribution in [0.4, 0.5) is 0 Å². The first kappa shape index (κ1) is 17.6. The average Bonchev–Trinajstić information content (AvgIpc) is 3.00. The lowest BCUT2D eigenvalue weighted by Gasteiger charge is -2.19. The second kappa shape index (κ2) is 8.17. The molecule has 1 amide bonds. The minimum Gasteiger partial charge on any atom is -0.396 e. The summed E-state index contributed by atoms with van der Waals surface area (Å²) in [6.45, 7) is 5.92. The predicted octanol–water partition coefficient (Wildman–Crippen LogP) is 2.41. The van der Waals surface area contributed by atoms with Crippen molar-refractivity contribution in [3.63, 3.8) is 0 Å². The molecule has 2 aromatic rings. The number of nitrogens with zero attached hydrogens (tertiary/aromatic N) is 2. The highest BCUT2D eigenvalue weighted by Gasteiger charge is 2.15. The number of amides is 1. The standard InChI is InChI=1S/C17H23N3O2S/c1-12-6-4-5-7-15(12)20-9-8-18-17(20)23-11-16(22)19-14(3)13(2)10-21/h4-9,13-14,21H,10-11H2,1-3H3,(H,19,22). The molecule has 0 spiro atoms. The van der Waals surface area contributed by atoms with Crippen LogP contribution >= 0.6 is 11.8 Å². The van der Waals surface area contributed by atoms with Gasteiger partial charge in [0.1, 0.15) is 0 Å². The number of hydrogen-bond donors (Lipinski definition) is 2. The Kier molecular flexibility index (Phi) is 6.24. The summed E-state index contributed by atoms with van der Waals surface area (Å²) in [5.41, 5.74) is 2.22. The average molecular weight is 333 g/mol. The molecule has 0 aliphatic rings. The smallest absolute Gasteiger partial charge is 0.230 e. The van der Waals surface area contributed by atoms with Crippen LogP contribution in [-0.2, 0) is 4.79 Å². The molecule has 1 aromatic heterocycles. The zero-order chi connectivity index (χ0) is 16.8. The van der Waals surface area contributed by atoms with Gasteiger partial charge in [0.15, 0.2) is 5.16 Å². The van der Waals surface area contributed by atoms with Crippen LogP contribution in [0.25, 0.3) is 5.69 Å². The molecule has 2 N–H and O–H groups in total. The first-order valence-electron chi connectivity index (χ1n) is 7.65. The summed E-state index contributed by atoms with van der Waals surface area (Å²) < 4.78 is 1.99. The van der Waals surface area contributed by atoms with Crippen molar-refractivity contribution in [1.82, 2.24) is 14.9 Å². The van der Waals surface area contributed by atoms with E-state index in [-0.39, 0.29) is 24.5 Å². The van der Waals surface area contributed by atoms with E-state index in [1.807, 2.05) is 42.8 Å². The quantitative estimate of drug-likeness (QED) is 0.764. The number of rotatable bonds is 7. The van der Waals surface area contributed by atoms with Gasteiger partial charge in [0.05, 0.1) is 11.4 Å². The molecule has 5 nitrogen and oxygen atoms in total. The lowest BCUT2D eigenvalue weighted by Crippen LogP contribution is -2.39. The summed E-state index contributed by atoms with van der Waals surface area (Å²) in [4.78, 5) is 16.4. The number of benzene rings is 1. The number of aryl methyl sites for hydroxylation is 1. The van der Waals surface area contributed by atoms with Crippen molar-refractivity contribution in [3.05, 3.63) is 42.2 Å². The van der Waals surface area contributed by atoms with Crippen molar-refractivity contribution in [2.45, 2.75) is 32.0 Å². The molecule has 23 heavy (non-hydrogen) atoms. The number of hydrogen-bond acceptors (Lipinski definition) is 4. The lowest BCUT2D eigenvalue weighted by molar-refractivity contribution is -0.119. The van der Waals surface area contributed by atoms with Crippen molar-refractivity contribution < 1.29 is 9.90 Å². The number of carbonyl (C=O) groups is 1. The third-order valence-electron chi connectivity index (χ3n) is 3.84. The van der Waals surface area contributed by atoms with E-state index in [0.29, 0.717) is 5.75 Å². The molecule has 1 aromatic carbocycles. The van der Waals surface area contributed by atoms with Crippen molar-refractivity contribution in [3.8, 4) is 5.69 Å². The van der Waals surface area contributed by atoms with Crippen LogP contribution in [0.2, 0.25) is 0 Å². The van der Waals surface area contributed by atoms with Crippen molar-refractivity contribution >= 4 is 17.7 Å². The van der Waals surface area contributed by atoms with Gasteiger partial charge in [-0.15, -0.1) is 0 Å². The summed E-state index contributed by atoms with van der Waals surface area (Å²) in [7, 11) is 0. The largest absolute Gasteiger partial charge is 0.396 e. The van der Waals surface area contributed by atoms with Crippen molar-refractivity contribution in [1.29, 1.82) is 0 Å². The van der Waals surface area contributed by atoms with Gasteiger partial charge in [-0.2, -0.15) is 0 Å². The van der Waals surface area contributed by atoms with E-state index in [1.165, 1.54) is 11.8 Å². The number of carbonyl (C=O) groups excluding carboxylic acids is 1. The van der Waals surface area contributed by atoms with Gasteiger partial charge in [0.25, 0.3) is 0 Å². The SMILES string of the molecule is Cc1ccccc1-n1ccnc1SCC(=O)NC(C)C(C)CO. The van der Waals surface area contributed by atoms with E-state index >= 15 is 0 Å². The van der Waals surface area contributed by atoms with Crippen LogP contribution in [0.5, 0.6) is 0 Å². The Morgan fingerprint density at radius 2 is 2.13 bits per heavy atom. The third-order valence-corrected chi connectivity index (χ3v) is 4.81. The first-order chi connectivity index (χ1) is 11.0. The maximum atomic E-state index is 12.0. The van der Waals surface area contributed by atoms with Gasteiger partial charge in [0.2, 0.25) is 5.91 Å². The fourth-order valence-electron chi connectivity index (χ4n) is 2.14. The Morgan fingerprint density at radius 1 is 1.39 bits per heavy atom. The number of aliphatic hydroxyl groups is 1. The van der Waals surface area contributed by atoms with Gasteiger partial charge in [-0.3, -0.25) is 9.36 Å². The molecule has 0 fully saturated rings. The van der Waals surface area contributed by atoms with E-state index in [2.05, 4.69) is 23.3 Å². The van der Waals surface area contributed by atoms with E-state index in [0.717, 1.165) is 16.4 Å². The summed E-state index contributed by atoms with van der Waals surface area (Å²) in [6, 6.07) is 8.02. The summed E-state index contributed by atoms with van der Waals surface area (Å²) in [5.74, 6) is 0.283. The molecule has 0 aliphatic carbocycles. The lowest BCUT2D eigenvalue weighted by atomic mass is 10.1. The van der Waals surface area contributed by atoms with Crippen LogP contribution in [0.15, 0.2) is 41.8 Å². The molecule has 2 rings (SSSR count). The number of aliphatic hydroxyl groups excluding tert-OH is 1. The molecule has 2 atom stereocenters. The fourth-order valence-corrected chi connectivity index (χ4v) is 2.92. The molecule has 0 saturated heterocycles. The molecular weight excluding hydrogens is 310 g/mol. The Morgan fingerprint density at radius 3 is 2.83 bits per heavy atom. The fraction of sp³-hybridized carbons (Fsp3) is 0.412. The topological polar surface area (TPSA) is 67.2 Å². The van der Waals surface area contributed by atoms with E-state index < -0.39 is 0 Å². The number of nitrogens with one attached hydrogen (secondary N) is 1. The molecule has 0 aliphatic heterocycles. The number of para-hydroxylation sites is 1. The Balaban J connectivity index is 1.99. The van der Waals surface area contributed by atoms with E-state index in [9.17, 15) is 4.79 Å². The van der Waals surface area contributed by atoms with Crippen LogP contribution in [-0.4, -0.2) is 39.0 Å². The molecule has 0 saturated carbocycles. The minimum atomic E-state index is -0.0536. The van der Waals surface area contributed by atoms with Gasteiger partial charge >= 0.3 is 0 Å². The van der Waals surface area contributed by atoms with E-state index in [1.54, 1.807) is 6.20 Å². The van der Waals surface area contributed by atoms with Crippen LogP contribution in [0.3, 0.4) is 0 Å². The van der Waals surface area contributed by atoms with Crippen molar-refractivity contribution in [2.24, 2.45) is 5.92 Å². The molecule has 0 bridgehead atoms. The van der Waals surface area contributed by atoms with Crippen LogP contribution in [0.1, 0.15) is 19.4 Å². The Labute approximate surface area is 141 Å². The minimum absolute atomic E-state index is 0.0397. The molecule has 0 radical (unpaired) electrons. The third kappa shape index (κ3) is 4.59. The number of imidazole rings is 1. The highest BCUT2D eigenvalue weighted by atomic mass is 32.2. The highest BCUT2D eigenvalue weighted by Crippen LogP contribution is 2.22. The zero-order valence-corrected chi connectivity index (χ0v) is 14.5. The van der Waals surface area contributed by atoms with Gasteiger partial charge in [-0.1, -0.05) is 36.9 Å². The normalized spacial score (nSPS) is 13.6. The Bertz CT molecular complexity index is 657. The number of thioether (sulfide) groups is 1. The van der Waals surface area contributed by atoms with Crippen LogP contribution in [0, 0.1) is 12.8 Å². The highest BCUT2D eigenvalue weighted by molar-refractivity contribution is 7.99. The van der Waals surface area contributed by atoms with Gasteiger partial charge in [-0.05, 0) is 31.4 Å². The van der Waals surface area contributed by atoms with Gasteiger partial charge in [-0.25, -0.2) is 4.98 Å². The molecule has 2 unspecified atom stereocenters. The molecule has 124 valence electrons. The van der Waals surface area contributed by atoms with Crippen molar-refractivity contribution in [2.75, 3.05) is 12.4 Å². The predicted molar refractivity (Wildman–Crippen MR) is 92.9 cm³/mol. The molecule has 1 heterocycles. The van der Waals surface area contributed by atoms with E-state index in [4.69, 9.17) is 5.11 Å². The maximum Gasteiger partial charge on any atom is 0.230 e. The van der Waals surface area contributed by atoms with Gasteiger partial charge < -0.3 is 10.4 Å². The Hall–Kier alpha value is -1.79.